The molecule has 5 heteroatoms. The molecular formula is C13H13BrN2O2. The largest absolute Gasteiger partial charge is 0.292 e. The summed E-state index contributed by atoms with van der Waals surface area (Å²) in [6, 6.07) is 8.41. The van der Waals surface area contributed by atoms with E-state index in [0.29, 0.717) is 12.8 Å². The molecule has 1 saturated heterocycles. The number of benzene rings is 1. The normalized spacial score (nSPS) is 17.3. The fourth-order valence-corrected chi connectivity index (χ4v) is 2.14. The van der Waals surface area contributed by atoms with Crippen molar-refractivity contribution in [2.24, 2.45) is 4.99 Å². The molecule has 0 aromatic heterocycles. The molecule has 1 fully saturated rings. The Labute approximate surface area is 114 Å². The third-order valence-corrected chi connectivity index (χ3v) is 3.58. The van der Waals surface area contributed by atoms with E-state index in [1.807, 2.05) is 6.21 Å². The lowest BCUT2D eigenvalue weighted by Gasteiger charge is -2.07. The standard InChI is InChI=1S/C9H9N.C4H4BrNO2/c1-2-4-9-7-10-6-5-8(9)3-1;5-6-3(7)1-2-4(6)8/h1-4,7H,5-6H2;1-2H2. The number of rotatable bonds is 0. The molecule has 3 rings (SSSR count). The van der Waals surface area contributed by atoms with Crippen LogP contribution in [0.1, 0.15) is 24.0 Å². The number of fused-ring (bicyclic) bond motifs is 1. The van der Waals surface area contributed by atoms with Crippen molar-refractivity contribution in [1.29, 1.82) is 0 Å². The zero-order valence-corrected chi connectivity index (χ0v) is 11.4. The second-order valence-corrected chi connectivity index (χ2v) is 4.76. The molecule has 0 aliphatic carbocycles. The minimum absolute atomic E-state index is 0.144. The topological polar surface area (TPSA) is 49.7 Å². The molecule has 0 radical (unpaired) electrons. The van der Waals surface area contributed by atoms with Crippen LogP contribution in [0.5, 0.6) is 0 Å². The number of hydrogen-bond donors (Lipinski definition) is 0. The van der Waals surface area contributed by atoms with E-state index in [2.05, 4.69) is 45.4 Å². The van der Waals surface area contributed by atoms with Crippen molar-refractivity contribution in [3.05, 3.63) is 35.4 Å². The highest BCUT2D eigenvalue weighted by Crippen LogP contribution is 2.14. The number of aliphatic imine (C=N–C) groups is 1. The molecule has 0 N–H and O–H groups in total. The number of amides is 2. The monoisotopic (exact) mass is 308 g/mol. The summed E-state index contributed by atoms with van der Waals surface area (Å²) in [5.41, 5.74) is 2.71. The second kappa shape index (κ2) is 5.91. The molecule has 4 nitrogen and oxygen atoms in total. The third-order valence-electron chi connectivity index (χ3n) is 2.79. The van der Waals surface area contributed by atoms with Crippen molar-refractivity contribution in [3.8, 4) is 0 Å². The van der Waals surface area contributed by atoms with Gasteiger partial charge in [-0.25, -0.2) is 3.93 Å². The lowest BCUT2D eigenvalue weighted by molar-refractivity contribution is -0.131. The minimum Gasteiger partial charge on any atom is -0.292 e. The van der Waals surface area contributed by atoms with Gasteiger partial charge in [0, 0.05) is 25.6 Å². The first-order valence-electron chi connectivity index (χ1n) is 5.78. The summed E-state index contributed by atoms with van der Waals surface area (Å²) in [4.78, 5) is 25.1. The zero-order chi connectivity index (χ0) is 13.0. The summed E-state index contributed by atoms with van der Waals surface area (Å²) in [5, 5.41) is 0. The lowest BCUT2D eigenvalue weighted by Crippen LogP contribution is -2.16. The first-order valence-corrected chi connectivity index (χ1v) is 6.48. The molecule has 0 unspecified atom stereocenters. The van der Waals surface area contributed by atoms with Gasteiger partial charge in [0.2, 0.25) is 11.8 Å². The van der Waals surface area contributed by atoms with Crippen molar-refractivity contribution in [1.82, 2.24) is 3.93 Å². The van der Waals surface area contributed by atoms with Gasteiger partial charge in [-0.05, 0) is 17.5 Å². The van der Waals surface area contributed by atoms with Crippen LogP contribution in [-0.2, 0) is 16.0 Å². The van der Waals surface area contributed by atoms with Crippen LogP contribution in [0.4, 0.5) is 0 Å². The van der Waals surface area contributed by atoms with Crippen molar-refractivity contribution < 1.29 is 9.59 Å². The smallest absolute Gasteiger partial charge is 0.239 e. The van der Waals surface area contributed by atoms with E-state index in [4.69, 9.17) is 0 Å². The highest BCUT2D eigenvalue weighted by Gasteiger charge is 2.26. The first-order chi connectivity index (χ1) is 8.68. The van der Waals surface area contributed by atoms with Crippen molar-refractivity contribution >= 4 is 34.2 Å². The summed E-state index contributed by atoms with van der Waals surface area (Å²) in [7, 11) is 0. The molecular weight excluding hydrogens is 296 g/mol. The Hall–Kier alpha value is -1.49. The van der Waals surface area contributed by atoms with Gasteiger partial charge < -0.3 is 0 Å². The van der Waals surface area contributed by atoms with Gasteiger partial charge in [0.15, 0.2) is 0 Å². The van der Waals surface area contributed by atoms with Crippen LogP contribution < -0.4 is 0 Å². The van der Waals surface area contributed by atoms with Gasteiger partial charge >= 0.3 is 0 Å². The van der Waals surface area contributed by atoms with E-state index in [0.717, 1.165) is 16.9 Å². The molecule has 2 heterocycles. The quantitative estimate of drug-likeness (QED) is 0.544. The summed E-state index contributed by atoms with van der Waals surface area (Å²) >= 11 is 2.80. The molecule has 1 aromatic rings. The fraction of sp³-hybridized carbons (Fsp3) is 0.308. The van der Waals surface area contributed by atoms with E-state index in [-0.39, 0.29) is 11.8 Å². The molecule has 2 amide bonds. The Kier molecular flexibility index (Phi) is 4.25. The van der Waals surface area contributed by atoms with Gasteiger partial charge in [0.1, 0.15) is 0 Å². The molecule has 94 valence electrons. The van der Waals surface area contributed by atoms with Crippen LogP contribution in [-0.4, -0.2) is 28.5 Å². The van der Waals surface area contributed by atoms with Crippen molar-refractivity contribution in [2.45, 2.75) is 19.3 Å². The first kappa shape index (κ1) is 13.0. The summed E-state index contributed by atoms with van der Waals surface area (Å²) in [6.07, 6.45) is 3.76. The van der Waals surface area contributed by atoms with E-state index >= 15 is 0 Å². The van der Waals surface area contributed by atoms with Gasteiger partial charge in [0.05, 0.1) is 16.1 Å². The molecule has 1 aromatic carbocycles. The molecule has 2 aliphatic rings. The van der Waals surface area contributed by atoms with Gasteiger partial charge in [-0.15, -0.1) is 0 Å². The average Bonchev–Trinajstić information content (AvgIpc) is 2.71. The maximum atomic E-state index is 10.4. The van der Waals surface area contributed by atoms with E-state index in [9.17, 15) is 9.59 Å². The fourth-order valence-electron chi connectivity index (χ4n) is 1.78. The van der Waals surface area contributed by atoms with Crippen LogP contribution in [0, 0.1) is 0 Å². The van der Waals surface area contributed by atoms with Crippen LogP contribution in [0.25, 0.3) is 0 Å². The van der Waals surface area contributed by atoms with E-state index < -0.39 is 0 Å². The molecule has 0 atom stereocenters. The lowest BCUT2D eigenvalue weighted by atomic mass is 10.0. The van der Waals surface area contributed by atoms with Crippen LogP contribution in [0.15, 0.2) is 29.3 Å². The zero-order valence-electron chi connectivity index (χ0n) is 9.80. The Bertz CT molecular complexity index is 484. The molecule has 0 bridgehead atoms. The van der Waals surface area contributed by atoms with Crippen molar-refractivity contribution in [2.75, 3.05) is 6.54 Å². The Morgan fingerprint density at radius 1 is 1.06 bits per heavy atom. The predicted molar refractivity (Wildman–Crippen MR) is 72.6 cm³/mol. The Balaban J connectivity index is 0.000000138. The maximum absolute atomic E-state index is 10.4. The SMILES string of the molecule is C1=NCCc2ccccc21.O=C1CCC(=O)N1Br. The number of halogens is 1. The Morgan fingerprint density at radius 2 is 1.72 bits per heavy atom. The highest BCUT2D eigenvalue weighted by molar-refractivity contribution is 9.08. The summed E-state index contributed by atoms with van der Waals surface area (Å²) < 4.78 is 0.979. The van der Waals surface area contributed by atoms with Crippen LogP contribution in [0.3, 0.4) is 0 Å². The average molecular weight is 309 g/mol. The van der Waals surface area contributed by atoms with E-state index in [1.165, 1.54) is 11.1 Å². The van der Waals surface area contributed by atoms with Gasteiger partial charge in [-0.2, -0.15) is 0 Å². The number of imide groups is 1. The molecule has 0 saturated carbocycles. The van der Waals surface area contributed by atoms with E-state index in [1.54, 1.807) is 0 Å². The summed E-state index contributed by atoms with van der Waals surface area (Å²) in [6.45, 7) is 0.955. The maximum Gasteiger partial charge on any atom is 0.239 e. The van der Waals surface area contributed by atoms with Gasteiger partial charge in [-0.1, -0.05) is 24.3 Å². The number of hydrogen-bond acceptors (Lipinski definition) is 3. The number of nitrogens with zero attached hydrogens (tertiary/aromatic N) is 2. The molecule has 0 spiro atoms. The van der Waals surface area contributed by atoms with Gasteiger partial charge in [-0.3, -0.25) is 14.6 Å². The second-order valence-electron chi connectivity index (χ2n) is 4.05. The predicted octanol–water partition coefficient (Wildman–Crippen LogP) is 2.11. The number of carbonyl (C=O) groups excluding carboxylic acids is 2. The van der Waals surface area contributed by atoms with Crippen LogP contribution >= 0.6 is 16.1 Å². The Morgan fingerprint density at radius 3 is 2.28 bits per heavy atom. The highest BCUT2D eigenvalue weighted by atomic mass is 79.9. The van der Waals surface area contributed by atoms with Crippen LogP contribution in [0.2, 0.25) is 0 Å². The van der Waals surface area contributed by atoms with Gasteiger partial charge in [0.25, 0.3) is 0 Å². The van der Waals surface area contributed by atoms with Crippen molar-refractivity contribution in [3.63, 3.8) is 0 Å². The molecule has 18 heavy (non-hydrogen) atoms. The number of carbonyl (C=O) groups is 2. The minimum atomic E-state index is -0.144. The third kappa shape index (κ3) is 3.04. The molecule has 2 aliphatic heterocycles. The summed E-state index contributed by atoms with van der Waals surface area (Å²) in [5.74, 6) is -0.287.